The molecule has 0 radical (unpaired) electrons. The highest BCUT2D eigenvalue weighted by Crippen LogP contribution is 2.37. The van der Waals surface area contributed by atoms with Crippen LogP contribution >= 0.6 is 0 Å². The highest BCUT2D eigenvalue weighted by Gasteiger charge is 2.40. The van der Waals surface area contributed by atoms with Crippen molar-refractivity contribution in [2.75, 3.05) is 19.8 Å². The molecule has 3 rings (SSSR count). The molecule has 0 heterocycles. The Hall–Kier alpha value is -2.99. The molecule has 0 unspecified atom stereocenters. The number of benzene rings is 3. The molecule has 150 valence electrons. The Bertz CT molecular complexity index is 788. The van der Waals surface area contributed by atoms with Gasteiger partial charge in [-0.25, -0.2) is 0 Å². The molecule has 29 heavy (non-hydrogen) atoms. The van der Waals surface area contributed by atoms with Crippen LogP contribution < -0.4 is 5.32 Å². The van der Waals surface area contributed by atoms with Gasteiger partial charge in [-0.1, -0.05) is 91.0 Å². The van der Waals surface area contributed by atoms with E-state index in [0.29, 0.717) is 0 Å². The second-order valence-corrected chi connectivity index (χ2v) is 6.62. The van der Waals surface area contributed by atoms with E-state index in [4.69, 9.17) is 9.84 Å². The molecule has 5 heteroatoms. The summed E-state index contributed by atoms with van der Waals surface area (Å²) < 4.78 is 5.09. The van der Waals surface area contributed by atoms with Crippen LogP contribution in [0.5, 0.6) is 0 Å². The van der Waals surface area contributed by atoms with Crippen LogP contribution in [0.4, 0.5) is 0 Å². The van der Waals surface area contributed by atoms with E-state index < -0.39 is 24.2 Å². The van der Waals surface area contributed by atoms with Gasteiger partial charge in [-0.3, -0.25) is 10.1 Å². The Morgan fingerprint density at radius 2 is 1.21 bits per heavy atom. The molecule has 0 saturated heterocycles. The lowest BCUT2D eigenvalue weighted by Gasteiger charge is -2.39. The summed E-state index contributed by atoms with van der Waals surface area (Å²) in [6, 6.07) is 28.4. The van der Waals surface area contributed by atoms with Gasteiger partial charge >= 0.3 is 5.97 Å². The van der Waals surface area contributed by atoms with Crippen LogP contribution in [0.3, 0.4) is 0 Å². The van der Waals surface area contributed by atoms with Crippen molar-refractivity contribution >= 4 is 5.97 Å². The maximum atomic E-state index is 12.5. The van der Waals surface area contributed by atoms with Gasteiger partial charge in [-0.15, -0.1) is 0 Å². The Labute approximate surface area is 170 Å². The molecule has 0 aliphatic carbocycles. The standard InChI is InChI=1S/C24H25NO4/c26-16-17-29-23(28)22(18-27)25-24(19-10-4-1-5-11-19,20-12-6-2-7-13-20)21-14-8-3-9-15-21/h1-15,22,25-27H,16-18H2/t22-/m0/s1. The Balaban J connectivity index is 2.18. The summed E-state index contributed by atoms with van der Waals surface area (Å²) >= 11 is 0. The molecular weight excluding hydrogens is 366 g/mol. The van der Waals surface area contributed by atoms with E-state index in [1.54, 1.807) is 0 Å². The lowest BCUT2D eigenvalue weighted by Crippen LogP contribution is -2.54. The summed E-state index contributed by atoms with van der Waals surface area (Å²) in [6.45, 7) is -0.838. The van der Waals surface area contributed by atoms with E-state index in [1.165, 1.54) is 0 Å². The summed E-state index contributed by atoms with van der Waals surface area (Å²) in [4.78, 5) is 12.5. The highest BCUT2D eigenvalue weighted by molar-refractivity contribution is 5.76. The second-order valence-electron chi connectivity index (χ2n) is 6.62. The first-order valence-corrected chi connectivity index (χ1v) is 9.55. The molecule has 0 fully saturated rings. The zero-order chi connectivity index (χ0) is 20.5. The average molecular weight is 391 g/mol. The van der Waals surface area contributed by atoms with Crippen LogP contribution in [0.25, 0.3) is 0 Å². The van der Waals surface area contributed by atoms with E-state index in [1.807, 2.05) is 91.0 Å². The van der Waals surface area contributed by atoms with Crippen molar-refractivity contribution in [3.05, 3.63) is 108 Å². The van der Waals surface area contributed by atoms with Crippen molar-refractivity contribution < 1.29 is 19.7 Å². The minimum atomic E-state index is -0.984. The minimum absolute atomic E-state index is 0.119. The largest absolute Gasteiger partial charge is 0.462 e. The van der Waals surface area contributed by atoms with Crippen molar-refractivity contribution in [1.82, 2.24) is 5.32 Å². The molecule has 0 aliphatic heterocycles. The molecule has 0 spiro atoms. The first-order chi connectivity index (χ1) is 14.2. The predicted molar refractivity (Wildman–Crippen MR) is 111 cm³/mol. The van der Waals surface area contributed by atoms with Gasteiger partial charge < -0.3 is 14.9 Å². The maximum Gasteiger partial charge on any atom is 0.325 e. The molecule has 5 nitrogen and oxygen atoms in total. The Morgan fingerprint density at radius 3 is 1.55 bits per heavy atom. The number of esters is 1. The Kier molecular flexibility index (Phi) is 7.14. The summed E-state index contributed by atoms with van der Waals surface area (Å²) in [6.07, 6.45) is 0. The number of ether oxygens (including phenoxy) is 1. The van der Waals surface area contributed by atoms with Gasteiger partial charge in [0.2, 0.25) is 0 Å². The topological polar surface area (TPSA) is 78.8 Å². The number of aliphatic hydroxyl groups excluding tert-OH is 2. The number of rotatable bonds is 9. The molecule has 0 saturated carbocycles. The zero-order valence-corrected chi connectivity index (χ0v) is 16.1. The summed E-state index contributed by atoms with van der Waals surface area (Å²) in [7, 11) is 0. The first-order valence-electron chi connectivity index (χ1n) is 9.55. The van der Waals surface area contributed by atoms with Gasteiger partial charge in [-0.05, 0) is 16.7 Å². The van der Waals surface area contributed by atoms with E-state index in [9.17, 15) is 9.90 Å². The van der Waals surface area contributed by atoms with Crippen LogP contribution in [-0.2, 0) is 15.1 Å². The number of hydrogen-bond donors (Lipinski definition) is 3. The van der Waals surface area contributed by atoms with Crippen LogP contribution in [-0.4, -0.2) is 42.0 Å². The molecule has 3 aromatic carbocycles. The van der Waals surface area contributed by atoms with E-state index in [-0.39, 0.29) is 13.2 Å². The summed E-state index contributed by atoms with van der Waals surface area (Å²) in [5.74, 6) is -0.617. The number of hydrogen-bond acceptors (Lipinski definition) is 5. The summed E-state index contributed by atoms with van der Waals surface area (Å²) in [5, 5.41) is 22.3. The quantitative estimate of drug-likeness (QED) is 0.386. The molecule has 0 aromatic heterocycles. The van der Waals surface area contributed by atoms with E-state index in [0.717, 1.165) is 16.7 Å². The van der Waals surface area contributed by atoms with Gasteiger partial charge in [0.25, 0.3) is 0 Å². The van der Waals surface area contributed by atoms with Crippen LogP contribution in [0, 0.1) is 0 Å². The van der Waals surface area contributed by atoms with Crippen molar-refractivity contribution in [3.8, 4) is 0 Å². The molecule has 1 atom stereocenters. The average Bonchev–Trinajstić information content (AvgIpc) is 2.80. The second kappa shape index (κ2) is 9.98. The number of nitrogens with one attached hydrogen (secondary N) is 1. The van der Waals surface area contributed by atoms with E-state index >= 15 is 0 Å². The van der Waals surface area contributed by atoms with Crippen molar-refractivity contribution in [2.24, 2.45) is 0 Å². The monoisotopic (exact) mass is 391 g/mol. The smallest absolute Gasteiger partial charge is 0.325 e. The molecule has 3 aromatic rings. The van der Waals surface area contributed by atoms with Gasteiger partial charge in [0.05, 0.1) is 18.8 Å². The van der Waals surface area contributed by atoms with E-state index in [2.05, 4.69) is 5.32 Å². The highest BCUT2D eigenvalue weighted by atomic mass is 16.5. The SMILES string of the molecule is O=C(OCCO)[C@H](CO)NC(c1ccccc1)(c1ccccc1)c1ccccc1. The van der Waals surface area contributed by atoms with Gasteiger partial charge in [0, 0.05) is 0 Å². The first kappa shape index (κ1) is 20.7. The third-order valence-corrected chi connectivity index (χ3v) is 4.81. The lowest BCUT2D eigenvalue weighted by atomic mass is 9.76. The number of aliphatic hydroxyl groups is 2. The minimum Gasteiger partial charge on any atom is -0.462 e. The molecule has 3 N–H and O–H groups in total. The van der Waals surface area contributed by atoms with Crippen molar-refractivity contribution in [2.45, 2.75) is 11.6 Å². The fourth-order valence-electron chi connectivity index (χ4n) is 3.50. The third-order valence-electron chi connectivity index (χ3n) is 4.81. The maximum absolute atomic E-state index is 12.5. The fraction of sp³-hybridized carbons (Fsp3) is 0.208. The van der Waals surface area contributed by atoms with Gasteiger partial charge in [-0.2, -0.15) is 0 Å². The van der Waals surface area contributed by atoms with Crippen molar-refractivity contribution in [3.63, 3.8) is 0 Å². The third kappa shape index (κ3) is 4.54. The van der Waals surface area contributed by atoms with Crippen LogP contribution in [0.1, 0.15) is 16.7 Å². The van der Waals surface area contributed by atoms with Gasteiger partial charge in [0.1, 0.15) is 12.6 Å². The van der Waals surface area contributed by atoms with Gasteiger partial charge in [0.15, 0.2) is 0 Å². The zero-order valence-electron chi connectivity index (χ0n) is 16.1. The number of carbonyl (C=O) groups is 1. The molecule has 0 amide bonds. The van der Waals surface area contributed by atoms with Crippen LogP contribution in [0.2, 0.25) is 0 Å². The molecular formula is C24H25NO4. The normalized spacial score (nSPS) is 12.3. The lowest BCUT2D eigenvalue weighted by molar-refractivity contribution is -0.148. The predicted octanol–water partition coefficient (Wildman–Crippen LogP) is 2.46. The molecule has 0 bridgehead atoms. The number of carbonyl (C=O) groups excluding carboxylic acids is 1. The Morgan fingerprint density at radius 1 is 0.793 bits per heavy atom. The molecule has 0 aliphatic rings. The van der Waals surface area contributed by atoms with Crippen molar-refractivity contribution in [1.29, 1.82) is 0 Å². The fourth-order valence-corrected chi connectivity index (χ4v) is 3.50. The summed E-state index contributed by atoms with van der Waals surface area (Å²) in [5.41, 5.74) is 1.87. The van der Waals surface area contributed by atoms with Crippen LogP contribution in [0.15, 0.2) is 91.0 Å².